The molecule has 208 valence electrons. The first-order valence-corrected chi connectivity index (χ1v) is 12.1. The Balaban J connectivity index is 0.000000532. The van der Waals surface area contributed by atoms with Crippen LogP contribution in [-0.4, -0.2) is 58.4 Å². The van der Waals surface area contributed by atoms with Crippen molar-refractivity contribution < 1.29 is 32.2 Å². The molecule has 2 N–H and O–H groups in total. The molecule has 13 heteroatoms. The Kier molecular flexibility index (Phi) is 9.45. The standard InChI is InChI=1S/C24H27FN6O.C2HF3O2/c1-15(2)28-23-24(30-22-14-27-18(13-26)11-21(22)29-23)31-8-6-16(7-9-31)10-17-4-5-19(32-3)12-20(17)25;3-2(4,5)1(6)7/h4-5,11-12,14-16H,6-10H2,1-3H3,(H,28,29);(H,6,7). The van der Waals surface area contributed by atoms with E-state index >= 15 is 0 Å². The first-order chi connectivity index (χ1) is 18.4. The van der Waals surface area contributed by atoms with Crippen molar-refractivity contribution in [3.63, 3.8) is 0 Å². The third-order valence-electron chi connectivity index (χ3n) is 6.00. The smallest absolute Gasteiger partial charge is 0.490 e. The zero-order valence-electron chi connectivity index (χ0n) is 21.6. The number of methoxy groups -OCH3 is 1. The fourth-order valence-corrected chi connectivity index (χ4v) is 4.08. The summed E-state index contributed by atoms with van der Waals surface area (Å²) < 4.78 is 51.2. The van der Waals surface area contributed by atoms with E-state index in [0.29, 0.717) is 40.6 Å². The van der Waals surface area contributed by atoms with Gasteiger partial charge in [-0.25, -0.2) is 24.1 Å². The van der Waals surface area contributed by atoms with E-state index in [2.05, 4.69) is 29.0 Å². The second-order valence-electron chi connectivity index (χ2n) is 9.26. The van der Waals surface area contributed by atoms with Crippen LogP contribution < -0.4 is 15.0 Å². The summed E-state index contributed by atoms with van der Waals surface area (Å²) in [5, 5.41) is 19.6. The number of piperidine rings is 1. The number of hydrogen-bond acceptors (Lipinski definition) is 8. The van der Waals surface area contributed by atoms with Crippen molar-refractivity contribution in [3.05, 3.63) is 47.5 Å². The maximum Gasteiger partial charge on any atom is 0.490 e. The Morgan fingerprint density at radius 2 is 1.90 bits per heavy atom. The third-order valence-corrected chi connectivity index (χ3v) is 6.00. The lowest BCUT2D eigenvalue weighted by molar-refractivity contribution is -0.192. The van der Waals surface area contributed by atoms with E-state index in [1.54, 1.807) is 19.4 Å². The number of benzene rings is 1. The van der Waals surface area contributed by atoms with Crippen molar-refractivity contribution in [3.8, 4) is 11.8 Å². The molecule has 1 saturated heterocycles. The van der Waals surface area contributed by atoms with Gasteiger partial charge >= 0.3 is 12.1 Å². The van der Waals surface area contributed by atoms with Crippen molar-refractivity contribution >= 4 is 28.6 Å². The van der Waals surface area contributed by atoms with Crippen LogP contribution in [0.3, 0.4) is 0 Å². The predicted octanol–water partition coefficient (Wildman–Crippen LogP) is 4.96. The van der Waals surface area contributed by atoms with E-state index in [9.17, 15) is 17.6 Å². The average Bonchev–Trinajstić information content (AvgIpc) is 2.89. The van der Waals surface area contributed by atoms with Gasteiger partial charge in [-0.3, -0.25) is 0 Å². The molecule has 9 nitrogen and oxygen atoms in total. The van der Waals surface area contributed by atoms with Gasteiger partial charge in [0.1, 0.15) is 28.8 Å². The van der Waals surface area contributed by atoms with Crippen molar-refractivity contribution in [2.24, 2.45) is 5.92 Å². The Morgan fingerprint density at radius 3 is 2.44 bits per heavy atom. The lowest BCUT2D eigenvalue weighted by Gasteiger charge is -2.34. The number of halogens is 4. The lowest BCUT2D eigenvalue weighted by Crippen LogP contribution is -2.36. The van der Waals surface area contributed by atoms with Gasteiger partial charge in [-0.15, -0.1) is 0 Å². The molecule has 0 bridgehead atoms. The van der Waals surface area contributed by atoms with Gasteiger partial charge < -0.3 is 20.1 Å². The number of aliphatic carboxylic acids is 1. The summed E-state index contributed by atoms with van der Waals surface area (Å²) >= 11 is 0. The van der Waals surface area contributed by atoms with Crippen LogP contribution in [0.5, 0.6) is 5.75 Å². The topological polar surface area (TPSA) is 124 Å². The number of carboxylic acids is 1. The summed E-state index contributed by atoms with van der Waals surface area (Å²) in [5.41, 5.74) is 2.36. The predicted molar refractivity (Wildman–Crippen MR) is 136 cm³/mol. The van der Waals surface area contributed by atoms with Crippen molar-refractivity contribution in [1.82, 2.24) is 15.0 Å². The maximum absolute atomic E-state index is 14.4. The quantitative estimate of drug-likeness (QED) is 0.412. The van der Waals surface area contributed by atoms with Gasteiger partial charge in [0.15, 0.2) is 11.6 Å². The van der Waals surface area contributed by atoms with Crippen LogP contribution in [0, 0.1) is 23.1 Å². The molecule has 0 unspecified atom stereocenters. The summed E-state index contributed by atoms with van der Waals surface area (Å²) in [6.45, 7) is 5.75. The molecule has 0 atom stereocenters. The van der Waals surface area contributed by atoms with Gasteiger partial charge in [0.2, 0.25) is 0 Å². The number of nitrogens with one attached hydrogen (secondary N) is 1. The number of pyridine rings is 1. The van der Waals surface area contributed by atoms with Crippen LogP contribution in [0.2, 0.25) is 0 Å². The maximum atomic E-state index is 14.4. The highest BCUT2D eigenvalue weighted by atomic mass is 19.4. The average molecular weight is 549 g/mol. The van der Waals surface area contributed by atoms with Crippen LogP contribution in [0.4, 0.5) is 29.2 Å². The number of hydrogen-bond donors (Lipinski definition) is 2. The summed E-state index contributed by atoms with van der Waals surface area (Å²) in [7, 11) is 1.54. The Morgan fingerprint density at radius 1 is 1.23 bits per heavy atom. The number of carbonyl (C=O) groups is 1. The monoisotopic (exact) mass is 548 g/mol. The number of nitrogens with zero attached hydrogens (tertiary/aromatic N) is 5. The minimum atomic E-state index is -5.08. The van der Waals surface area contributed by atoms with E-state index in [4.69, 9.17) is 29.9 Å². The summed E-state index contributed by atoms with van der Waals surface area (Å²) in [6.07, 6.45) is -0.885. The van der Waals surface area contributed by atoms with Crippen molar-refractivity contribution in [1.29, 1.82) is 5.26 Å². The molecule has 0 saturated carbocycles. The third kappa shape index (κ3) is 7.89. The number of nitriles is 1. The normalized spacial score (nSPS) is 14.0. The molecule has 0 amide bonds. The van der Waals surface area contributed by atoms with Crippen molar-refractivity contribution in [2.75, 3.05) is 30.4 Å². The van der Waals surface area contributed by atoms with E-state index in [0.717, 1.165) is 37.3 Å². The minimum Gasteiger partial charge on any atom is -0.497 e. The number of rotatable bonds is 6. The molecular weight excluding hydrogens is 520 g/mol. The molecule has 0 radical (unpaired) electrons. The zero-order chi connectivity index (χ0) is 28.7. The highest BCUT2D eigenvalue weighted by Crippen LogP contribution is 2.31. The fraction of sp³-hybridized carbons (Fsp3) is 0.423. The number of alkyl halides is 3. The SMILES string of the molecule is COc1ccc(CC2CCN(c3nc4cnc(C#N)cc4nc3NC(C)C)CC2)c(F)c1.O=C(O)C(F)(F)F. The van der Waals surface area contributed by atoms with Crippen LogP contribution >= 0.6 is 0 Å². The zero-order valence-corrected chi connectivity index (χ0v) is 21.6. The van der Waals surface area contributed by atoms with Crippen LogP contribution in [0.1, 0.15) is 37.9 Å². The number of carboxylic acid groups (broad SMARTS) is 1. The van der Waals surface area contributed by atoms with Gasteiger partial charge in [-0.2, -0.15) is 18.4 Å². The number of ether oxygens (including phenoxy) is 1. The second-order valence-corrected chi connectivity index (χ2v) is 9.26. The van der Waals surface area contributed by atoms with Crippen molar-refractivity contribution in [2.45, 2.75) is 45.3 Å². The number of fused-ring (bicyclic) bond motifs is 1. The molecule has 3 heterocycles. The molecule has 2 aromatic heterocycles. The molecule has 1 aliphatic rings. The second kappa shape index (κ2) is 12.6. The summed E-state index contributed by atoms with van der Waals surface area (Å²) in [6, 6.07) is 8.98. The van der Waals surface area contributed by atoms with Gasteiger partial charge in [-0.05, 0) is 50.7 Å². The highest BCUT2D eigenvalue weighted by molar-refractivity contribution is 5.80. The minimum absolute atomic E-state index is 0.188. The molecule has 1 fully saturated rings. The van der Waals surface area contributed by atoms with Crippen LogP contribution in [-0.2, 0) is 11.2 Å². The van der Waals surface area contributed by atoms with Gasteiger partial charge in [0, 0.05) is 31.3 Å². The summed E-state index contributed by atoms with van der Waals surface area (Å²) in [5.74, 6) is -0.511. The molecule has 1 aliphatic heterocycles. The van der Waals surface area contributed by atoms with E-state index in [1.165, 1.54) is 6.07 Å². The Labute approximate surface area is 222 Å². The van der Waals surface area contributed by atoms with Gasteiger partial charge in [0.05, 0.1) is 18.8 Å². The van der Waals surface area contributed by atoms with E-state index in [1.807, 2.05) is 18.2 Å². The molecular formula is C26H28F4N6O3. The molecule has 0 aliphatic carbocycles. The largest absolute Gasteiger partial charge is 0.497 e. The molecule has 39 heavy (non-hydrogen) atoms. The summed E-state index contributed by atoms with van der Waals surface area (Å²) in [4.78, 5) is 24.8. The fourth-order valence-electron chi connectivity index (χ4n) is 4.08. The first-order valence-electron chi connectivity index (χ1n) is 12.1. The van der Waals surface area contributed by atoms with E-state index in [-0.39, 0.29) is 11.9 Å². The lowest BCUT2D eigenvalue weighted by atomic mass is 9.90. The van der Waals surface area contributed by atoms with Crippen LogP contribution in [0.25, 0.3) is 11.0 Å². The molecule has 1 aromatic carbocycles. The van der Waals surface area contributed by atoms with Gasteiger partial charge in [0.25, 0.3) is 0 Å². The molecule has 0 spiro atoms. The first kappa shape index (κ1) is 29.3. The van der Waals surface area contributed by atoms with Crippen LogP contribution in [0.15, 0.2) is 30.5 Å². The molecule has 3 aromatic rings. The molecule has 4 rings (SSSR count). The number of aromatic nitrogens is 3. The Bertz CT molecular complexity index is 1350. The van der Waals surface area contributed by atoms with Gasteiger partial charge in [-0.1, -0.05) is 6.07 Å². The number of anilines is 2. The van der Waals surface area contributed by atoms with E-state index < -0.39 is 12.1 Å². The highest BCUT2D eigenvalue weighted by Gasteiger charge is 2.38. The Hall–Kier alpha value is -4.21.